The third-order valence-corrected chi connectivity index (χ3v) is 9.64. The molecule has 3 atom stereocenters. The highest BCUT2D eigenvalue weighted by molar-refractivity contribution is 6.01. The maximum absolute atomic E-state index is 16.6. The van der Waals surface area contributed by atoms with Gasteiger partial charge in [-0.05, 0) is 53.8 Å². The van der Waals surface area contributed by atoms with Gasteiger partial charge in [0, 0.05) is 49.6 Å². The molecule has 0 radical (unpaired) electrons. The summed E-state index contributed by atoms with van der Waals surface area (Å²) in [4.78, 5) is 13.5. The number of morpholine rings is 1. The summed E-state index contributed by atoms with van der Waals surface area (Å²) in [6, 6.07) is 10.8. The molecule has 3 saturated heterocycles. The van der Waals surface area contributed by atoms with E-state index in [1.165, 1.54) is 12.1 Å². The van der Waals surface area contributed by atoms with Crippen molar-refractivity contribution in [3.05, 3.63) is 54.1 Å². The Morgan fingerprint density at radius 3 is 2.66 bits per heavy atom. The third kappa shape index (κ3) is 5.00. The topological polar surface area (TPSA) is 83.0 Å². The highest BCUT2D eigenvalue weighted by Crippen LogP contribution is 2.47. The zero-order valence-electron chi connectivity index (χ0n) is 24.2. The van der Waals surface area contributed by atoms with Crippen LogP contribution >= 0.6 is 0 Å². The van der Waals surface area contributed by atoms with Crippen molar-refractivity contribution in [3.8, 4) is 22.9 Å². The van der Waals surface area contributed by atoms with E-state index in [0.29, 0.717) is 55.9 Å². The molecule has 4 aliphatic rings. The Morgan fingerprint density at radius 2 is 1.86 bits per heavy atom. The van der Waals surface area contributed by atoms with E-state index in [4.69, 9.17) is 14.5 Å². The molecule has 1 aliphatic carbocycles. The van der Waals surface area contributed by atoms with Crippen LogP contribution in [0, 0.1) is 17.0 Å². The standard InChI is InChI=1S/C33H34F3N5O3/c34-25-12-20-15-41(16-27(25)37-20)31-24-14-26(35)28(23-13-21(42)11-19-3-1-2-4-22(19)23)29(36)30(24)38-32(39-31)44-18-33(5-6-33)17-40-7-9-43-10-8-40/h1-4,11,13-14,20,25,27,37,42H,5-10,12,15-18H2. The van der Waals surface area contributed by atoms with Gasteiger partial charge in [-0.1, -0.05) is 24.3 Å². The molecule has 8 nitrogen and oxygen atoms in total. The van der Waals surface area contributed by atoms with Crippen molar-refractivity contribution >= 4 is 27.5 Å². The van der Waals surface area contributed by atoms with Crippen LogP contribution in [0.5, 0.6) is 11.8 Å². The normalized spacial score (nSPS) is 24.7. The Labute approximate surface area is 252 Å². The van der Waals surface area contributed by atoms with E-state index >= 15 is 8.78 Å². The highest BCUT2D eigenvalue weighted by atomic mass is 19.1. The van der Waals surface area contributed by atoms with Crippen LogP contribution in [-0.2, 0) is 4.74 Å². The quantitative estimate of drug-likeness (QED) is 0.311. The maximum Gasteiger partial charge on any atom is 0.319 e. The van der Waals surface area contributed by atoms with Crippen LogP contribution in [0.1, 0.15) is 19.3 Å². The third-order valence-electron chi connectivity index (χ3n) is 9.64. The fourth-order valence-corrected chi connectivity index (χ4v) is 7.15. The van der Waals surface area contributed by atoms with Gasteiger partial charge in [0.05, 0.1) is 31.4 Å². The molecule has 2 bridgehead atoms. The minimum atomic E-state index is -0.997. The predicted molar refractivity (Wildman–Crippen MR) is 161 cm³/mol. The van der Waals surface area contributed by atoms with Crippen molar-refractivity contribution < 1.29 is 27.8 Å². The van der Waals surface area contributed by atoms with Gasteiger partial charge < -0.3 is 24.8 Å². The number of phenols is 1. The Balaban J connectivity index is 1.21. The Kier molecular flexibility index (Phi) is 6.80. The van der Waals surface area contributed by atoms with Gasteiger partial charge in [0.25, 0.3) is 0 Å². The summed E-state index contributed by atoms with van der Waals surface area (Å²) in [6.45, 7) is 5.20. The molecule has 1 aromatic heterocycles. The first kappa shape index (κ1) is 27.8. The Bertz CT molecular complexity index is 1740. The summed E-state index contributed by atoms with van der Waals surface area (Å²) >= 11 is 0. The van der Waals surface area contributed by atoms with Gasteiger partial charge in [-0.3, -0.25) is 4.90 Å². The number of rotatable bonds is 7. The van der Waals surface area contributed by atoms with Crippen LogP contribution in [0.25, 0.3) is 32.8 Å². The number of phenolic OH excluding ortho intramolecular Hbond substituents is 1. The molecular weight excluding hydrogens is 571 g/mol. The lowest BCUT2D eigenvalue weighted by molar-refractivity contribution is 0.0231. The van der Waals surface area contributed by atoms with E-state index in [1.807, 2.05) is 4.90 Å². The van der Waals surface area contributed by atoms with Crippen LogP contribution in [0.15, 0.2) is 42.5 Å². The monoisotopic (exact) mass is 605 g/mol. The molecule has 11 heteroatoms. The molecule has 4 aromatic rings. The summed E-state index contributed by atoms with van der Waals surface area (Å²) in [5.41, 5.74) is -0.161. The number of fused-ring (bicyclic) bond motifs is 4. The lowest BCUT2D eigenvalue weighted by atomic mass is 9.95. The second kappa shape index (κ2) is 10.7. The van der Waals surface area contributed by atoms with E-state index < -0.39 is 17.8 Å². The SMILES string of the molecule is Oc1cc(-c2c(F)cc3c(N4CC5CC(F)C(C4)N5)nc(OCC4(CN5CCOCC5)CC4)nc3c2F)c2ccccc2c1. The number of benzene rings is 3. The molecule has 3 aliphatic heterocycles. The van der Waals surface area contributed by atoms with Crippen molar-refractivity contribution in [1.29, 1.82) is 0 Å². The van der Waals surface area contributed by atoms with Crippen molar-refractivity contribution in [1.82, 2.24) is 20.2 Å². The average Bonchev–Trinajstić information content (AvgIpc) is 3.73. The number of nitrogens with one attached hydrogen (secondary N) is 1. The molecule has 4 fully saturated rings. The Morgan fingerprint density at radius 1 is 1.05 bits per heavy atom. The van der Waals surface area contributed by atoms with Gasteiger partial charge in [-0.2, -0.15) is 9.97 Å². The summed E-state index contributed by atoms with van der Waals surface area (Å²) in [5.74, 6) is -1.43. The predicted octanol–water partition coefficient (Wildman–Crippen LogP) is 4.81. The molecule has 2 N–H and O–H groups in total. The smallest absolute Gasteiger partial charge is 0.319 e. The molecular formula is C33H34F3N5O3. The zero-order valence-corrected chi connectivity index (χ0v) is 24.2. The molecule has 4 heterocycles. The molecule has 3 unspecified atom stereocenters. The Hall–Kier alpha value is -3.67. The van der Waals surface area contributed by atoms with E-state index in [9.17, 15) is 9.50 Å². The van der Waals surface area contributed by atoms with Gasteiger partial charge in [0.15, 0.2) is 5.82 Å². The molecule has 8 rings (SSSR count). The minimum Gasteiger partial charge on any atom is -0.508 e. The van der Waals surface area contributed by atoms with E-state index in [1.54, 1.807) is 30.3 Å². The molecule has 3 aromatic carbocycles. The largest absolute Gasteiger partial charge is 0.508 e. The maximum atomic E-state index is 16.6. The molecule has 0 spiro atoms. The van der Waals surface area contributed by atoms with Crippen LogP contribution in [0.4, 0.5) is 19.0 Å². The number of hydrogen-bond acceptors (Lipinski definition) is 8. The second-order valence-electron chi connectivity index (χ2n) is 12.8. The van der Waals surface area contributed by atoms with Gasteiger partial charge in [-0.15, -0.1) is 0 Å². The van der Waals surface area contributed by atoms with Crippen LogP contribution in [0.3, 0.4) is 0 Å². The molecule has 230 valence electrons. The first-order valence-corrected chi connectivity index (χ1v) is 15.4. The summed E-state index contributed by atoms with van der Waals surface area (Å²) < 4.78 is 59.0. The second-order valence-corrected chi connectivity index (χ2v) is 12.8. The zero-order chi connectivity index (χ0) is 30.0. The number of alkyl halides is 1. The number of piperazine rings is 1. The lowest BCUT2D eigenvalue weighted by Gasteiger charge is -2.34. The average molecular weight is 606 g/mol. The summed E-state index contributed by atoms with van der Waals surface area (Å²) in [5, 5.41) is 15.2. The number of hydrogen-bond donors (Lipinski definition) is 2. The van der Waals surface area contributed by atoms with E-state index in [2.05, 4.69) is 15.2 Å². The number of aromatic hydroxyl groups is 1. The first-order valence-electron chi connectivity index (χ1n) is 15.4. The number of halogens is 3. The minimum absolute atomic E-state index is 0.0145. The number of nitrogens with zero attached hydrogens (tertiary/aromatic N) is 4. The van der Waals surface area contributed by atoms with Gasteiger partial charge in [0.2, 0.25) is 0 Å². The number of ether oxygens (including phenoxy) is 2. The van der Waals surface area contributed by atoms with Crippen molar-refractivity contribution in [3.63, 3.8) is 0 Å². The lowest BCUT2D eigenvalue weighted by Crippen LogP contribution is -2.52. The highest BCUT2D eigenvalue weighted by Gasteiger charge is 2.45. The van der Waals surface area contributed by atoms with Crippen LogP contribution in [0.2, 0.25) is 0 Å². The van der Waals surface area contributed by atoms with Gasteiger partial charge in [-0.25, -0.2) is 13.2 Å². The fourth-order valence-electron chi connectivity index (χ4n) is 7.15. The molecule has 1 saturated carbocycles. The van der Waals surface area contributed by atoms with Crippen LogP contribution < -0.4 is 15.0 Å². The summed E-state index contributed by atoms with van der Waals surface area (Å²) in [6.07, 6.45) is 1.41. The van der Waals surface area contributed by atoms with E-state index in [0.717, 1.165) is 32.5 Å². The van der Waals surface area contributed by atoms with Crippen molar-refractivity contribution in [2.24, 2.45) is 5.41 Å². The van der Waals surface area contributed by atoms with Crippen molar-refractivity contribution in [2.45, 2.75) is 37.5 Å². The number of anilines is 1. The van der Waals surface area contributed by atoms with Gasteiger partial charge >= 0.3 is 6.01 Å². The first-order chi connectivity index (χ1) is 21.4. The summed E-state index contributed by atoms with van der Waals surface area (Å²) in [7, 11) is 0. The van der Waals surface area contributed by atoms with E-state index in [-0.39, 0.29) is 51.3 Å². The van der Waals surface area contributed by atoms with Crippen molar-refractivity contribution in [2.75, 3.05) is 57.4 Å². The number of aromatic nitrogens is 2. The van der Waals surface area contributed by atoms with Crippen LogP contribution in [-0.4, -0.2) is 90.8 Å². The van der Waals surface area contributed by atoms with Gasteiger partial charge in [0.1, 0.15) is 29.1 Å². The fraction of sp³-hybridized carbons (Fsp3) is 0.455. The molecule has 0 amide bonds. The molecule has 44 heavy (non-hydrogen) atoms.